The van der Waals surface area contributed by atoms with E-state index in [9.17, 15) is 5.11 Å². The second-order valence-corrected chi connectivity index (χ2v) is 7.69. The van der Waals surface area contributed by atoms with Crippen molar-refractivity contribution in [2.75, 3.05) is 6.61 Å². The van der Waals surface area contributed by atoms with Crippen molar-refractivity contribution in [3.8, 4) is 34.0 Å². The Hall–Kier alpha value is -2.88. The Morgan fingerprint density at radius 1 is 0.667 bits per heavy atom. The van der Waals surface area contributed by atoms with E-state index < -0.39 is 0 Å². The molecule has 1 heterocycles. The van der Waals surface area contributed by atoms with Crippen LogP contribution in [0.1, 0.15) is 58.3 Å². The highest BCUT2D eigenvalue weighted by atomic mass is 16.5. The predicted molar refractivity (Wildman–Crippen MR) is 123 cm³/mol. The molecular weight excluding hydrogens is 372 g/mol. The Balaban J connectivity index is 1.42. The van der Waals surface area contributed by atoms with Gasteiger partial charge in [-0.3, -0.25) is 0 Å². The molecule has 1 N–H and O–H groups in total. The van der Waals surface area contributed by atoms with Crippen LogP contribution in [0.5, 0.6) is 11.5 Å². The summed E-state index contributed by atoms with van der Waals surface area (Å²) in [6.45, 7) is 3.03. The lowest BCUT2D eigenvalue weighted by atomic mass is 10.1. The number of aromatic hydroxyl groups is 1. The molecule has 0 unspecified atom stereocenters. The van der Waals surface area contributed by atoms with Crippen LogP contribution in [0.25, 0.3) is 22.5 Å². The second kappa shape index (κ2) is 12.0. The number of aromatic nitrogens is 2. The fourth-order valence-electron chi connectivity index (χ4n) is 3.41. The summed E-state index contributed by atoms with van der Waals surface area (Å²) in [5, 5.41) is 9.40. The van der Waals surface area contributed by atoms with Crippen LogP contribution in [-0.2, 0) is 0 Å². The van der Waals surface area contributed by atoms with E-state index in [0.29, 0.717) is 5.82 Å². The Morgan fingerprint density at radius 2 is 1.23 bits per heavy atom. The summed E-state index contributed by atoms with van der Waals surface area (Å²) in [7, 11) is 0. The van der Waals surface area contributed by atoms with Gasteiger partial charge in [0.1, 0.15) is 11.5 Å². The van der Waals surface area contributed by atoms with E-state index in [2.05, 4.69) is 16.9 Å². The van der Waals surface area contributed by atoms with Crippen molar-refractivity contribution in [3.63, 3.8) is 0 Å². The highest BCUT2D eigenvalue weighted by molar-refractivity contribution is 5.64. The van der Waals surface area contributed by atoms with Gasteiger partial charge in [-0.05, 0) is 48.4 Å². The number of hydrogen-bond acceptors (Lipinski definition) is 4. The quantitative estimate of drug-likeness (QED) is 0.329. The maximum atomic E-state index is 9.40. The summed E-state index contributed by atoms with van der Waals surface area (Å²) in [5.41, 5.74) is 2.91. The van der Waals surface area contributed by atoms with Crippen LogP contribution in [0.15, 0.2) is 60.9 Å². The SMILES string of the molecule is CCCCCCCCCCOc1ccc(-c2cnc(-c3ccc(O)cc3)nc2)cc1. The molecule has 0 aliphatic rings. The lowest BCUT2D eigenvalue weighted by Gasteiger charge is -2.08. The van der Waals surface area contributed by atoms with Crippen molar-refractivity contribution in [2.24, 2.45) is 0 Å². The van der Waals surface area contributed by atoms with Crippen LogP contribution in [0.3, 0.4) is 0 Å². The number of phenols is 1. The van der Waals surface area contributed by atoms with Gasteiger partial charge in [0.05, 0.1) is 6.61 Å². The number of benzene rings is 2. The van der Waals surface area contributed by atoms with Crippen molar-refractivity contribution in [3.05, 3.63) is 60.9 Å². The summed E-state index contributed by atoms with van der Waals surface area (Å²) in [6, 6.07) is 15.0. The van der Waals surface area contributed by atoms with Gasteiger partial charge in [0.2, 0.25) is 0 Å². The van der Waals surface area contributed by atoms with Gasteiger partial charge in [0, 0.05) is 23.5 Å². The number of rotatable bonds is 12. The average molecular weight is 405 g/mol. The molecule has 0 atom stereocenters. The minimum atomic E-state index is 0.236. The summed E-state index contributed by atoms with van der Waals surface area (Å²) in [5.74, 6) is 1.78. The molecule has 0 fully saturated rings. The largest absolute Gasteiger partial charge is 0.508 e. The zero-order chi connectivity index (χ0) is 21.0. The van der Waals surface area contributed by atoms with E-state index >= 15 is 0 Å². The third-order valence-corrected chi connectivity index (χ3v) is 5.23. The number of nitrogens with zero attached hydrogens (tertiary/aromatic N) is 2. The minimum absolute atomic E-state index is 0.236. The first-order chi connectivity index (χ1) is 14.8. The van der Waals surface area contributed by atoms with Crippen molar-refractivity contribution >= 4 is 0 Å². The van der Waals surface area contributed by atoms with E-state index in [-0.39, 0.29) is 5.75 Å². The van der Waals surface area contributed by atoms with Crippen molar-refractivity contribution in [1.29, 1.82) is 0 Å². The molecule has 158 valence electrons. The van der Waals surface area contributed by atoms with Crippen molar-refractivity contribution in [2.45, 2.75) is 58.3 Å². The number of phenolic OH excluding ortho intramolecular Hbond substituents is 1. The number of hydrogen-bond donors (Lipinski definition) is 1. The van der Waals surface area contributed by atoms with Gasteiger partial charge in [-0.15, -0.1) is 0 Å². The molecule has 0 saturated heterocycles. The lowest BCUT2D eigenvalue weighted by Crippen LogP contribution is -1.97. The molecular formula is C26H32N2O2. The molecule has 0 saturated carbocycles. The summed E-state index contributed by atoms with van der Waals surface area (Å²) in [4.78, 5) is 8.91. The summed E-state index contributed by atoms with van der Waals surface area (Å²) >= 11 is 0. The molecule has 0 amide bonds. The molecule has 1 aromatic heterocycles. The van der Waals surface area contributed by atoms with E-state index in [0.717, 1.165) is 35.5 Å². The summed E-state index contributed by atoms with van der Waals surface area (Å²) < 4.78 is 5.88. The first kappa shape index (κ1) is 21.8. The normalized spacial score (nSPS) is 10.8. The third-order valence-electron chi connectivity index (χ3n) is 5.23. The first-order valence-corrected chi connectivity index (χ1v) is 11.1. The van der Waals surface area contributed by atoms with Gasteiger partial charge in [0.15, 0.2) is 5.82 Å². The maximum absolute atomic E-state index is 9.40. The molecule has 0 spiro atoms. The molecule has 0 aliphatic carbocycles. The predicted octanol–water partition coefficient (Wildman–Crippen LogP) is 7.04. The molecule has 2 aromatic carbocycles. The topological polar surface area (TPSA) is 55.2 Å². The molecule has 4 nitrogen and oxygen atoms in total. The Morgan fingerprint density at radius 3 is 1.87 bits per heavy atom. The third kappa shape index (κ3) is 6.87. The van der Waals surface area contributed by atoms with Crippen LogP contribution >= 0.6 is 0 Å². The zero-order valence-corrected chi connectivity index (χ0v) is 17.9. The van der Waals surface area contributed by atoms with Crippen LogP contribution in [0.2, 0.25) is 0 Å². The number of ether oxygens (including phenoxy) is 1. The van der Waals surface area contributed by atoms with E-state index in [4.69, 9.17) is 4.74 Å². The van der Waals surface area contributed by atoms with Crippen LogP contribution in [0.4, 0.5) is 0 Å². The Kier molecular flexibility index (Phi) is 8.70. The van der Waals surface area contributed by atoms with Crippen molar-refractivity contribution < 1.29 is 9.84 Å². The van der Waals surface area contributed by atoms with E-state index in [1.54, 1.807) is 12.1 Å². The smallest absolute Gasteiger partial charge is 0.159 e. The summed E-state index contributed by atoms with van der Waals surface area (Å²) in [6.07, 6.45) is 14.1. The second-order valence-electron chi connectivity index (χ2n) is 7.69. The van der Waals surface area contributed by atoms with Crippen molar-refractivity contribution in [1.82, 2.24) is 9.97 Å². The van der Waals surface area contributed by atoms with Gasteiger partial charge < -0.3 is 9.84 Å². The van der Waals surface area contributed by atoms with Gasteiger partial charge in [-0.2, -0.15) is 0 Å². The van der Waals surface area contributed by atoms with E-state index in [1.165, 1.54) is 44.9 Å². The lowest BCUT2D eigenvalue weighted by molar-refractivity contribution is 0.304. The van der Waals surface area contributed by atoms with Gasteiger partial charge in [0.25, 0.3) is 0 Å². The highest BCUT2D eigenvalue weighted by Crippen LogP contribution is 2.24. The van der Waals surface area contributed by atoms with Crippen LogP contribution in [0, 0.1) is 0 Å². The average Bonchev–Trinajstić information content (AvgIpc) is 2.79. The maximum Gasteiger partial charge on any atom is 0.159 e. The molecule has 0 aliphatic heterocycles. The zero-order valence-electron chi connectivity index (χ0n) is 17.9. The van der Waals surface area contributed by atoms with Gasteiger partial charge >= 0.3 is 0 Å². The molecule has 4 heteroatoms. The molecule has 3 aromatic rings. The minimum Gasteiger partial charge on any atom is -0.508 e. The Labute approximate surface area is 180 Å². The molecule has 3 rings (SSSR count). The highest BCUT2D eigenvalue weighted by Gasteiger charge is 2.04. The first-order valence-electron chi connectivity index (χ1n) is 11.1. The fourth-order valence-corrected chi connectivity index (χ4v) is 3.41. The Bertz CT molecular complexity index is 859. The van der Waals surface area contributed by atoms with Crippen LogP contribution in [-0.4, -0.2) is 21.7 Å². The monoisotopic (exact) mass is 404 g/mol. The van der Waals surface area contributed by atoms with Gasteiger partial charge in [-0.1, -0.05) is 64.0 Å². The molecule has 0 radical (unpaired) electrons. The standard InChI is InChI=1S/C26H32N2O2/c1-2-3-4-5-6-7-8-9-18-30-25-16-12-21(13-17-25)23-19-27-26(28-20-23)22-10-14-24(29)15-11-22/h10-17,19-20,29H,2-9,18H2,1H3. The molecule has 30 heavy (non-hydrogen) atoms. The van der Waals surface area contributed by atoms with E-state index in [1.807, 2.05) is 48.8 Å². The van der Waals surface area contributed by atoms with Gasteiger partial charge in [-0.25, -0.2) is 9.97 Å². The molecule has 0 bridgehead atoms. The van der Waals surface area contributed by atoms with Crippen LogP contribution < -0.4 is 4.74 Å². The fraction of sp³-hybridized carbons (Fsp3) is 0.385. The number of unbranched alkanes of at least 4 members (excludes halogenated alkanes) is 7.